The quantitative estimate of drug-likeness (QED) is 0.289. The predicted octanol–water partition coefficient (Wildman–Crippen LogP) is 5.52. The summed E-state index contributed by atoms with van der Waals surface area (Å²) < 4.78 is 17.8. The van der Waals surface area contributed by atoms with Gasteiger partial charge in [0.25, 0.3) is 0 Å². The summed E-state index contributed by atoms with van der Waals surface area (Å²) >= 11 is 0. The van der Waals surface area contributed by atoms with Gasteiger partial charge in [0.1, 0.15) is 5.60 Å². The molecule has 6 rings (SSSR count). The molecule has 0 unspecified atom stereocenters. The van der Waals surface area contributed by atoms with Crippen molar-refractivity contribution in [2.45, 2.75) is 5.60 Å². The van der Waals surface area contributed by atoms with E-state index >= 15 is 0 Å². The number of methoxy groups -OCH3 is 1. The highest BCUT2D eigenvalue weighted by Gasteiger charge is 2.38. The molecule has 2 heterocycles. The second-order valence-corrected chi connectivity index (χ2v) is 10.8. The maximum atomic E-state index is 6.69. The van der Waals surface area contributed by atoms with Crippen molar-refractivity contribution < 1.29 is 14.2 Å². The van der Waals surface area contributed by atoms with Crippen LogP contribution in [0.5, 0.6) is 0 Å². The van der Waals surface area contributed by atoms with Crippen LogP contribution in [0.3, 0.4) is 0 Å². The Balaban J connectivity index is 1.51. The van der Waals surface area contributed by atoms with Crippen molar-refractivity contribution in [3.8, 4) is 0 Å². The summed E-state index contributed by atoms with van der Waals surface area (Å²) in [4.78, 5) is 6.95. The van der Waals surface area contributed by atoms with Crippen LogP contribution < -0.4 is 14.7 Å². The zero-order valence-corrected chi connectivity index (χ0v) is 23.8. The van der Waals surface area contributed by atoms with Gasteiger partial charge in [-0.25, -0.2) is 0 Å². The first-order chi connectivity index (χ1) is 19.6. The van der Waals surface area contributed by atoms with E-state index in [-0.39, 0.29) is 0 Å². The molecule has 40 heavy (non-hydrogen) atoms. The molecule has 4 aromatic carbocycles. The summed E-state index contributed by atoms with van der Waals surface area (Å²) in [5.41, 5.74) is 6.17. The molecule has 0 bridgehead atoms. The molecule has 6 nitrogen and oxygen atoms in total. The molecule has 6 heteroatoms. The number of anilines is 3. The van der Waals surface area contributed by atoms with Gasteiger partial charge in [0.15, 0.2) is 0 Å². The van der Waals surface area contributed by atoms with E-state index in [9.17, 15) is 0 Å². The largest absolute Gasteiger partial charge is 0.378 e. The van der Waals surface area contributed by atoms with Gasteiger partial charge in [-0.2, -0.15) is 0 Å². The van der Waals surface area contributed by atoms with Crippen molar-refractivity contribution in [1.29, 1.82) is 0 Å². The topological polar surface area (TPSA) is 37.4 Å². The number of hydrogen-bond donors (Lipinski definition) is 0. The van der Waals surface area contributed by atoms with Crippen LogP contribution in [0.4, 0.5) is 17.1 Å². The molecule has 0 amide bonds. The second kappa shape index (κ2) is 11.5. The fourth-order valence-corrected chi connectivity index (χ4v) is 6.26. The molecule has 0 aromatic heterocycles. The van der Waals surface area contributed by atoms with Crippen LogP contribution in [0.2, 0.25) is 0 Å². The van der Waals surface area contributed by atoms with E-state index in [1.165, 1.54) is 27.8 Å². The smallest absolute Gasteiger partial charge is 0.143 e. The number of rotatable bonds is 7. The fourth-order valence-electron chi connectivity index (χ4n) is 6.26. The van der Waals surface area contributed by atoms with Gasteiger partial charge in [0.05, 0.1) is 26.4 Å². The molecule has 2 fully saturated rings. The number of hydrogen-bond acceptors (Lipinski definition) is 6. The van der Waals surface area contributed by atoms with Gasteiger partial charge in [-0.3, -0.25) is 0 Å². The van der Waals surface area contributed by atoms with E-state index in [4.69, 9.17) is 14.2 Å². The molecule has 0 aliphatic carbocycles. The van der Waals surface area contributed by atoms with Crippen molar-refractivity contribution in [3.05, 3.63) is 102 Å². The molecule has 0 spiro atoms. The lowest BCUT2D eigenvalue weighted by molar-refractivity contribution is 0.0597. The minimum atomic E-state index is -0.794. The lowest BCUT2D eigenvalue weighted by Gasteiger charge is -2.37. The Morgan fingerprint density at radius 3 is 1.55 bits per heavy atom. The third-order valence-corrected chi connectivity index (χ3v) is 8.37. The average molecular weight is 538 g/mol. The number of benzene rings is 4. The first-order valence-electron chi connectivity index (χ1n) is 14.2. The molecule has 208 valence electrons. The van der Waals surface area contributed by atoms with Crippen molar-refractivity contribution in [1.82, 2.24) is 0 Å². The summed E-state index contributed by atoms with van der Waals surface area (Å²) in [6, 6.07) is 31.0. The van der Waals surface area contributed by atoms with Crippen LogP contribution >= 0.6 is 0 Å². The summed E-state index contributed by atoms with van der Waals surface area (Å²) in [7, 11) is 6.03. The van der Waals surface area contributed by atoms with E-state index in [2.05, 4.69) is 114 Å². The minimum Gasteiger partial charge on any atom is -0.378 e. The van der Waals surface area contributed by atoms with Crippen molar-refractivity contribution in [2.24, 2.45) is 0 Å². The van der Waals surface area contributed by atoms with Gasteiger partial charge >= 0.3 is 0 Å². The Bertz CT molecular complexity index is 1360. The van der Waals surface area contributed by atoms with Gasteiger partial charge in [0.2, 0.25) is 0 Å². The molecule has 2 saturated heterocycles. The van der Waals surface area contributed by atoms with Crippen LogP contribution in [-0.2, 0) is 19.8 Å². The van der Waals surface area contributed by atoms with Crippen LogP contribution in [0, 0.1) is 0 Å². The average Bonchev–Trinajstić information content (AvgIpc) is 3.03. The van der Waals surface area contributed by atoms with E-state index in [1.54, 1.807) is 0 Å². The van der Waals surface area contributed by atoms with Gasteiger partial charge in [-0.15, -0.1) is 0 Å². The maximum absolute atomic E-state index is 6.69. The number of nitrogens with zero attached hydrogens (tertiary/aromatic N) is 3. The Labute approximate surface area is 237 Å². The number of ether oxygens (including phenoxy) is 3. The molecule has 0 atom stereocenters. The van der Waals surface area contributed by atoms with E-state index in [0.29, 0.717) is 0 Å². The van der Waals surface area contributed by atoms with Gasteiger partial charge in [0, 0.05) is 75.4 Å². The molecule has 0 radical (unpaired) electrons. The van der Waals surface area contributed by atoms with Crippen molar-refractivity contribution >= 4 is 27.8 Å². The van der Waals surface area contributed by atoms with Gasteiger partial charge < -0.3 is 28.9 Å². The van der Waals surface area contributed by atoms with E-state index in [1.807, 2.05) is 7.11 Å². The second-order valence-electron chi connectivity index (χ2n) is 10.8. The summed E-state index contributed by atoms with van der Waals surface area (Å²) in [5.74, 6) is 0. The predicted molar refractivity (Wildman–Crippen MR) is 164 cm³/mol. The van der Waals surface area contributed by atoms with Crippen LogP contribution in [0.15, 0.2) is 84.9 Å². The summed E-state index contributed by atoms with van der Waals surface area (Å²) in [6.45, 7) is 6.71. The molecule has 2 aliphatic heterocycles. The summed E-state index contributed by atoms with van der Waals surface area (Å²) in [6.07, 6.45) is 0. The number of morpholine rings is 2. The first kappa shape index (κ1) is 26.6. The number of fused-ring (bicyclic) bond motifs is 1. The van der Waals surface area contributed by atoms with E-state index in [0.717, 1.165) is 69.3 Å². The third-order valence-electron chi connectivity index (χ3n) is 8.37. The Morgan fingerprint density at radius 1 is 0.625 bits per heavy atom. The zero-order valence-electron chi connectivity index (χ0n) is 23.8. The van der Waals surface area contributed by atoms with Crippen molar-refractivity contribution in [3.63, 3.8) is 0 Å². The third kappa shape index (κ3) is 4.81. The minimum absolute atomic E-state index is 0.767. The zero-order chi connectivity index (χ0) is 27.5. The van der Waals surface area contributed by atoms with E-state index < -0.39 is 5.60 Å². The first-order valence-corrected chi connectivity index (χ1v) is 14.2. The highest BCUT2D eigenvalue weighted by Crippen LogP contribution is 2.45. The highest BCUT2D eigenvalue weighted by molar-refractivity contribution is 5.97. The molecule has 0 N–H and O–H groups in total. The van der Waals surface area contributed by atoms with Crippen LogP contribution in [0.25, 0.3) is 10.8 Å². The summed E-state index contributed by atoms with van der Waals surface area (Å²) in [5, 5.41) is 2.39. The SMILES string of the molecule is COC(c1ccc(N2CCOCC2)cc1)(c1ccc(N2CCOCC2)cc1)c1ccc(N(C)C)c2ccccc12. The monoisotopic (exact) mass is 537 g/mol. The lowest BCUT2D eigenvalue weighted by atomic mass is 9.77. The maximum Gasteiger partial charge on any atom is 0.143 e. The molecular formula is C34H39N3O3. The van der Waals surface area contributed by atoms with Gasteiger partial charge in [-0.05, 0) is 46.8 Å². The van der Waals surface area contributed by atoms with Gasteiger partial charge in [-0.1, -0.05) is 54.6 Å². The highest BCUT2D eigenvalue weighted by atomic mass is 16.5. The molecular weight excluding hydrogens is 498 g/mol. The van der Waals surface area contributed by atoms with Crippen molar-refractivity contribution in [2.75, 3.05) is 88.5 Å². The Morgan fingerprint density at radius 2 is 1.10 bits per heavy atom. The van der Waals surface area contributed by atoms with Crippen LogP contribution in [0.1, 0.15) is 16.7 Å². The Hall–Kier alpha value is -3.58. The molecule has 2 aliphatic rings. The normalized spacial score (nSPS) is 16.4. The van der Waals surface area contributed by atoms with Crippen LogP contribution in [-0.4, -0.2) is 73.8 Å². The molecule has 4 aromatic rings. The lowest BCUT2D eigenvalue weighted by Crippen LogP contribution is -2.37. The standard InChI is InChI=1S/C34H39N3O3/c1-35(2)33-17-16-32(30-6-4-5-7-31(30)33)34(38-3,26-8-12-28(13-9-26)36-18-22-39-23-19-36)27-10-14-29(15-11-27)37-20-24-40-25-21-37/h4-17H,18-25H2,1-3H3. The Kier molecular flexibility index (Phi) is 7.65. The molecule has 0 saturated carbocycles. The fraction of sp³-hybridized carbons (Fsp3) is 0.353.